The Balaban J connectivity index is 2.33. The molecule has 0 aromatic heterocycles. The average molecular weight is 342 g/mol. The lowest BCUT2D eigenvalue weighted by molar-refractivity contribution is -0.123. The number of hydrogen-bond donors (Lipinski definition) is 2. The standard InChI is InChI=1S/C13H16BrN3OS/c1-2-11-13(18)16-5-6-17(11)8-3-4-9(12(15)19)10(14)7-8/h3-4,7,11H,2,5-6H2,1H3,(H2,15,19)(H,16,18). The highest BCUT2D eigenvalue weighted by Crippen LogP contribution is 2.27. The zero-order valence-electron chi connectivity index (χ0n) is 10.6. The maximum atomic E-state index is 11.9. The smallest absolute Gasteiger partial charge is 0.242 e. The molecule has 19 heavy (non-hydrogen) atoms. The predicted octanol–water partition coefficient (Wildman–Crippen LogP) is 1.80. The minimum atomic E-state index is -0.115. The second-order valence-corrected chi connectivity index (χ2v) is 5.73. The molecule has 1 unspecified atom stereocenters. The largest absolute Gasteiger partial charge is 0.389 e. The van der Waals surface area contributed by atoms with Crippen molar-refractivity contribution in [3.63, 3.8) is 0 Å². The van der Waals surface area contributed by atoms with Crippen LogP contribution >= 0.6 is 28.1 Å². The highest BCUT2D eigenvalue weighted by molar-refractivity contribution is 9.10. The van der Waals surface area contributed by atoms with Gasteiger partial charge in [-0.2, -0.15) is 0 Å². The minimum absolute atomic E-state index is 0.0864. The number of amides is 1. The van der Waals surface area contributed by atoms with Crippen molar-refractivity contribution in [1.82, 2.24) is 5.32 Å². The van der Waals surface area contributed by atoms with Crippen molar-refractivity contribution in [1.29, 1.82) is 0 Å². The number of hydrogen-bond acceptors (Lipinski definition) is 3. The summed E-state index contributed by atoms with van der Waals surface area (Å²) in [5.74, 6) is 0.0864. The summed E-state index contributed by atoms with van der Waals surface area (Å²) >= 11 is 8.46. The van der Waals surface area contributed by atoms with E-state index in [2.05, 4.69) is 26.1 Å². The molecule has 1 aliphatic rings. The Kier molecular flexibility index (Phi) is 4.42. The van der Waals surface area contributed by atoms with Gasteiger partial charge in [0.15, 0.2) is 0 Å². The van der Waals surface area contributed by atoms with E-state index in [9.17, 15) is 4.79 Å². The number of benzene rings is 1. The lowest BCUT2D eigenvalue weighted by Crippen LogP contribution is -2.55. The van der Waals surface area contributed by atoms with Crippen molar-refractivity contribution in [3.05, 3.63) is 28.2 Å². The van der Waals surface area contributed by atoms with Crippen molar-refractivity contribution in [2.75, 3.05) is 18.0 Å². The van der Waals surface area contributed by atoms with Gasteiger partial charge >= 0.3 is 0 Å². The van der Waals surface area contributed by atoms with E-state index in [1.165, 1.54) is 0 Å². The monoisotopic (exact) mass is 341 g/mol. The van der Waals surface area contributed by atoms with E-state index in [1.54, 1.807) is 0 Å². The SMILES string of the molecule is CCC1C(=O)NCCN1c1ccc(C(N)=S)c(Br)c1. The van der Waals surface area contributed by atoms with Crippen molar-refractivity contribution < 1.29 is 4.79 Å². The summed E-state index contributed by atoms with van der Waals surface area (Å²) < 4.78 is 0.860. The van der Waals surface area contributed by atoms with E-state index in [0.29, 0.717) is 11.5 Å². The molecule has 0 bridgehead atoms. The normalized spacial score (nSPS) is 19.2. The zero-order chi connectivity index (χ0) is 14.0. The third-order valence-corrected chi connectivity index (χ3v) is 4.14. The second-order valence-electron chi connectivity index (χ2n) is 4.44. The molecule has 1 fully saturated rings. The van der Waals surface area contributed by atoms with Gasteiger partial charge in [-0.15, -0.1) is 0 Å². The molecule has 1 heterocycles. The lowest BCUT2D eigenvalue weighted by Gasteiger charge is -2.36. The van der Waals surface area contributed by atoms with Crippen LogP contribution in [0.15, 0.2) is 22.7 Å². The number of halogens is 1. The highest BCUT2D eigenvalue weighted by atomic mass is 79.9. The van der Waals surface area contributed by atoms with Crippen LogP contribution in [0.5, 0.6) is 0 Å². The van der Waals surface area contributed by atoms with Crippen molar-refractivity contribution >= 4 is 44.7 Å². The average Bonchev–Trinajstić information content (AvgIpc) is 2.37. The molecule has 102 valence electrons. The van der Waals surface area contributed by atoms with Gasteiger partial charge in [0, 0.05) is 28.8 Å². The van der Waals surface area contributed by atoms with Crippen molar-refractivity contribution in [3.8, 4) is 0 Å². The van der Waals surface area contributed by atoms with Crippen molar-refractivity contribution in [2.24, 2.45) is 5.73 Å². The highest BCUT2D eigenvalue weighted by Gasteiger charge is 2.28. The number of nitrogens with two attached hydrogens (primary N) is 1. The van der Waals surface area contributed by atoms with E-state index in [1.807, 2.05) is 25.1 Å². The Morgan fingerprint density at radius 2 is 2.37 bits per heavy atom. The molecule has 1 amide bonds. The van der Waals surface area contributed by atoms with Crippen molar-refractivity contribution in [2.45, 2.75) is 19.4 Å². The van der Waals surface area contributed by atoms with E-state index in [4.69, 9.17) is 18.0 Å². The predicted molar refractivity (Wildman–Crippen MR) is 84.5 cm³/mol. The van der Waals surface area contributed by atoms with Crippen LogP contribution in [0.2, 0.25) is 0 Å². The molecule has 0 radical (unpaired) electrons. The van der Waals surface area contributed by atoms with Crippen LogP contribution in [-0.4, -0.2) is 30.0 Å². The molecular weight excluding hydrogens is 326 g/mol. The molecule has 1 aromatic carbocycles. The molecule has 1 aromatic rings. The summed E-state index contributed by atoms with van der Waals surface area (Å²) in [4.78, 5) is 14.3. The fourth-order valence-electron chi connectivity index (χ4n) is 2.31. The molecule has 2 rings (SSSR count). The van der Waals surface area contributed by atoms with Gasteiger partial charge < -0.3 is 16.0 Å². The molecule has 0 saturated carbocycles. The van der Waals surface area contributed by atoms with E-state index < -0.39 is 0 Å². The second kappa shape index (κ2) is 5.88. The van der Waals surface area contributed by atoms with E-state index in [0.717, 1.165) is 28.7 Å². The van der Waals surface area contributed by atoms with Crippen LogP contribution in [-0.2, 0) is 4.79 Å². The minimum Gasteiger partial charge on any atom is -0.389 e. The first-order valence-electron chi connectivity index (χ1n) is 6.18. The molecular formula is C13H16BrN3OS. The number of carbonyl (C=O) groups is 1. The first-order chi connectivity index (χ1) is 9.04. The zero-order valence-corrected chi connectivity index (χ0v) is 13.1. The van der Waals surface area contributed by atoms with Gasteiger partial charge in [0.2, 0.25) is 5.91 Å². The summed E-state index contributed by atoms with van der Waals surface area (Å²) in [6.07, 6.45) is 0.778. The number of rotatable bonds is 3. The van der Waals surface area contributed by atoms with E-state index >= 15 is 0 Å². The number of anilines is 1. The quantitative estimate of drug-likeness (QED) is 0.823. The molecule has 1 atom stereocenters. The third kappa shape index (κ3) is 2.90. The fraction of sp³-hybridized carbons (Fsp3) is 0.385. The third-order valence-electron chi connectivity index (χ3n) is 3.27. The Bertz CT molecular complexity index is 521. The topological polar surface area (TPSA) is 58.4 Å². The first kappa shape index (κ1) is 14.3. The summed E-state index contributed by atoms with van der Waals surface area (Å²) in [7, 11) is 0. The van der Waals surface area contributed by atoms with Crippen LogP contribution < -0.4 is 16.0 Å². The van der Waals surface area contributed by atoms with Gasteiger partial charge in [-0.25, -0.2) is 0 Å². The summed E-state index contributed by atoms with van der Waals surface area (Å²) in [5.41, 5.74) is 7.46. The van der Waals surface area contributed by atoms with Crippen LogP contribution in [0.3, 0.4) is 0 Å². The number of piperazine rings is 1. The van der Waals surface area contributed by atoms with Gasteiger partial charge in [-0.3, -0.25) is 4.79 Å². The summed E-state index contributed by atoms with van der Waals surface area (Å²) in [6.45, 7) is 3.49. The number of thiocarbonyl (C=S) groups is 1. The van der Waals surface area contributed by atoms with Gasteiger partial charge in [0.05, 0.1) is 0 Å². The summed E-state index contributed by atoms with van der Waals surface area (Å²) in [5, 5.41) is 2.89. The Morgan fingerprint density at radius 3 is 2.95 bits per heavy atom. The van der Waals surface area contributed by atoms with Gasteiger partial charge in [-0.1, -0.05) is 19.1 Å². The first-order valence-corrected chi connectivity index (χ1v) is 7.38. The molecule has 1 saturated heterocycles. The molecule has 1 aliphatic heterocycles. The Morgan fingerprint density at radius 1 is 1.63 bits per heavy atom. The fourth-order valence-corrected chi connectivity index (χ4v) is 3.20. The maximum Gasteiger partial charge on any atom is 0.242 e. The molecule has 0 spiro atoms. The van der Waals surface area contributed by atoms with Gasteiger partial charge in [0.25, 0.3) is 0 Å². The van der Waals surface area contributed by atoms with Crippen LogP contribution in [0.4, 0.5) is 5.69 Å². The number of carbonyl (C=O) groups excluding carboxylic acids is 1. The van der Waals surface area contributed by atoms with Gasteiger partial charge in [-0.05, 0) is 40.5 Å². The van der Waals surface area contributed by atoms with Gasteiger partial charge in [0.1, 0.15) is 11.0 Å². The summed E-state index contributed by atoms with van der Waals surface area (Å²) in [6, 6.07) is 5.70. The molecule has 4 nitrogen and oxygen atoms in total. The molecule has 6 heteroatoms. The molecule has 0 aliphatic carbocycles. The van der Waals surface area contributed by atoms with Crippen LogP contribution in [0.1, 0.15) is 18.9 Å². The Labute approximate surface area is 126 Å². The Hall–Kier alpha value is -1.14. The lowest BCUT2D eigenvalue weighted by atomic mass is 10.1. The number of nitrogens with one attached hydrogen (secondary N) is 1. The number of nitrogens with zero attached hydrogens (tertiary/aromatic N) is 1. The maximum absolute atomic E-state index is 11.9. The molecule has 3 N–H and O–H groups in total. The van der Waals surface area contributed by atoms with Crippen LogP contribution in [0, 0.1) is 0 Å². The van der Waals surface area contributed by atoms with E-state index in [-0.39, 0.29) is 11.9 Å². The van der Waals surface area contributed by atoms with Crippen LogP contribution in [0.25, 0.3) is 0 Å².